The highest BCUT2D eigenvalue weighted by atomic mass is 16.5. The predicted molar refractivity (Wildman–Crippen MR) is 102 cm³/mol. The van der Waals surface area contributed by atoms with Gasteiger partial charge in [-0.1, -0.05) is 49.4 Å². The predicted octanol–water partition coefficient (Wildman–Crippen LogP) is 3.07. The van der Waals surface area contributed by atoms with E-state index in [2.05, 4.69) is 25.7 Å². The van der Waals surface area contributed by atoms with Crippen molar-refractivity contribution >= 4 is 12.2 Å². The number of nitrogens with one attached hydrogen (secondary N) is 2. The topological polar surface area (TPSA) is 92.3 Å². The molecule has 0 unspecified atom stereocenters. The minimum absolute atomic E-state index is 0.165. The highest BCUT2D eigenvalue weighted by molar-refractivity contribution is 5.83. The molecule has 2 aromatic carbocycles. The molecule has 0 aliphatic carbocycles. The molecule has 0 aliphatic heterocycles. The Labute approximate surface area is 150 Å². The van der Waals surface area contributed by atoms with Crippen LogP contribution in [0.15, 0.2) is 64.5 Å². The van der Waals surface area contributed by atoms with Crippen LogP contribution in [0.25, 0.3) is 11.3 Å². The number of H-pyrrole nitrogens is 1. The molecule has 0 spiro atoms. The fraction of sp³-hybridized carbons (Fsp3) is 0.158. The van der Waals surface area contributed by atoms with Crippen molar-refractivity contribution in [1.29, 1.82) is 0 Å². The third kappa shape index (κ3) is 4.32. The van der Waals surface area contributed by atoms with E-state index in [1.807, 2.05) is 49.4 Å². The summed E-state index contributed by atoms with van der Waals surface area (Å²) in [5.41, 5.74) is 4.14. The minimum atomic E-state index is -0.337. The van der Waals surface area contributed by atoms with Crippen LogP contribution in [-0.2, 0) is 0 Å². The number of nitrogens with zero attached hydrogens (tertiary/aromatic N) is 3. The molecule has 1 aromatic heterocycles. The lowest BCUT2D eigenvalue weighted by Gasteiger charge is -2.07. The van der Waals surface area contributed by atoms with Gasteiger partial charge in [0.25, 0.3) is 5.56 Å². The lowest BCUT2D eigenvalue weighted by molar-refractivity contribution is 0.317. The van der Waals surface area contributed by atoms with Crippen molar-refractivity contribution in [2.24, 2.45) is 5.10 Å². The number of hydrogen-bond acceptors (Lipinski definition) is 6. The van der Waals surface area contributed by atoms with Crippen LogP contribution in [0.2, 0.25) is 0 Å². The minimum Gasteiger partial charge on any atom is -0.493 e. The van der Waals surface area contributed by atoms with Crippen molar-refractivity contribution in [3.8, 4) is 17.0 Å². The van der Waals surface area contributed by atoms with Crippen LogP contribution >= 0.6 is 0 Å². The molecular weight excluding hydrogens is 330 g/mol. The summed E-state index contributed by atoms with van der Waals surface area (Å²) in [6.07, 6.45) is 2.53. The number of anilines is 1. The van der Waals surface area contributed by atoms with E-state index in [0.29, 0.717) is 12.2 Å². The maximum absolute atomic E-state index is 12.2. The van der Waals surface area contributed by atoms with Crippen molar-refractivity contribution in [3.63, 3.8) is 0 Å². The summed E-state index contributed by atoms with van der Waals surface area (Å²) >= 11 is 0. The van der Waals surface area contributed by atoms with Gasteiger partial charge in [-0.25, -0.2) is 5.43 Å². The summed E-state index contributed by atoms with van der Waals surface area (Å²) in [5.74, 6) is 0.914. The van der Waals surface area contributed by atoms with E-state index in [1.165, 1.54) is 0 Å². The number of aromatic amines is 1. The van der Waals surface area contributed by atoms with Gasteiger partial charge in [-0.2, -0.15) is 5.10 Å². The molecule has 0 radical (unpaired) electrons. The van der Waals surface area contributed by atoms with E-state index in [9.17, 15) is 4.79 Å². The summed E-state index contributed by atoms with van der Waals surface area (Å²) in [7, 11) is 0. The first-order chi connectivity index (χ1) is 12.8. The number of ether oxygens (including phenoxy) is 1. The Morgan fingerprint density at radius 3 is 2.65 bits per heavy atom. The van der Waals surface area contributed by atoms with Crippen molar-refractivity contribution in [2.75, 3.05) is 12.0 Å². The first-order valence-corrected chi connectivity index (χ1v) is 8.31. The molecule has 0 aliphatic rings. The van der Waals surface area contributed by atoms with Gasteiger partial charge >= 0.3 is 0 Å². The molecule has 7 heteroatoms. The maximum atomic E-state index is 12.2. The van der Waals surface area contributed by atoms with Gasteiger partial charge in [0.1, 0.15) is 5.75 Å². The van der Waals surface area contributed by atoms with Gasteiger partial charge in [-0.15, -0.1) is 10.2 Å². The number of hydrogen-bond donors (Lipinski definition) is 2. The Bertz CT molecular complexity index is 938. The molecule has 0 atom stereocenters. The van der Waals surface area contributed by atoms with E-state index in [0.717, 1.165) is 17.7 Å². The van der Waals surface area contributed by atoms with Crippen molar-refractivity contribution < 1.29 is 4.74 Å². The quantitative estimate of drug-likeness (QED) is 0.505. The fourth-order valence-corrected chi connectivity index (χ4v) is 2.27. The first-order valence-electron chi connectivity index (χ1n) is 8.31. The SMILES string of the molecule is CCCOc1ccccc1/C=N/Nc1nnc(-c2ccccc2)c(=O)[nH]1. The molecule has 26 heavy (non-hydrogen) atoms. The van der Waals surface area contributed by atoms with Gasteiger partial charge in [-0.3, -0.25) is 9.78 Å². The van der Waals surface area contributed by atoms with E-state index in [-0.39, 0.29) is 17.2 Å². The molecule has 3 aromatic rings. The van der Waals surface area contributed by atoms with Gasteiger partial charge in [0.05, 0.1) is 12.8 Å². The summed E-state index contributed by atoms with van der Waals surface area (Å²) in [4.78, 5) is 14.8. The number of aromatic nitrogens is 3. The summed E-state index contributed by atoms with van der Waals surface area (Å²) in [6, 6.07) is 16.7. The lowest BCUT2D eigenvalue weighted by atomic mass is 10.2. The summed E-state index contributed by atoms with van der Waals surface area (Å²) in [6.45, 7) is 2.68. The van der Waals surface area contributed by atoms with E-state index < -0.39 is 0 Å². The Hall–Kier alpha value is -3.48. The van der Waals surface area contributed by atoms with Gasteiger partial charge in [0.15, 0.2) is 5.69 Å². The van der Waals surface area contributed by atoms with Crippen LogP contribution in [0.5, 0.6) is 5.75 Å². The fourth-order valence-electron chi connectivity index (χ4n) is 2.27. The van der Waals surface area contributed by atoms with Crippen LogP contribution in [0.3, 0.4) is 0 Å². The Morgan fingerprint density at radius 1 is 1.12 bits per heavy atom. The largest absolute Gasteiger partial charge is 0.493 e. The molecule has 3 rings (SSSR count). The third-order valence-electron chi connectivity index (χ3n) is 3.50. The smallest absolute Gasteiger partial charge is 0.279 e. The van der Waals surface area contributed by atoms with E-state index in [1.54, 1.807) is 18.3 Å². The maximum Gasteiger partial charge on any atom is 0.279 e. The Kier molecular flexibility index (Phi) is 5.72. The van der Waals surface area contributed by atoms with Crippen LogP contribution < -0.4 is 15.7 Å². The average Bonchev–Trinajstić information content (AvgIpc) is 2.68. The molecule has 0 fully saturated rings. The second-order valence-electron chi connectivity index (χ2n) is 5.47. The van der Waals surface area contributed by atoms with E-state index >= 15 is 0 Å². The van der Waals surface area contributed by atoms with Gasteiger partial charge in [0, 0.05) is 11.1 Å². The highest BCUT2D eigenvalue weighted by Crippen LogP contribution is 2.16. The molecule has 7 nitrogen and oxygen atoms in total. The van der Waals surface area contributed by atoms with Crippen molar-refractivity contribution in [3.05, 3.63) is 70.5 Å². The summed E-state index contributed by atoms with van der Waals surface area (Å²) in [5, 5.41) is 12.0. The van der Waals surface area contributed by atoms with Crippen LogP contribution in [0.1, 0.15) is 18.9 Å². The van der Waals surface area contributed by atoms with Gasteiger partial charge < -0.3 is 4.74 Å². The molecule has 132 valence electrons. The van der Waals surface area contributed by atoms with Crippen LogP contribution in [-0.4, -0.2) is 28.0 Å². The third-order valence-corrected chi connectivity index (χ3v) is 3.50. The molecule has 1 heterocycles. The molecule has 2 N–H and O–H groups in total. The van der Waals surface area contributed by atoms with Gasteiger partial charge in [-0.05, 0) is 18.6 Å². The van der Waals surface area contributed by atoms with Gasteiger partial charge in [0.2, 0.25) is 5.95 Å². The standard InChI is InChI=1S/C19H19N5O2/c1-2-12-26-16-11-7-6-10-15(16)13-20-23-19-21-18(25)17(22-24-19)14-8-4-3-5-9-14/h3-11,13H,2,12H2,1H3,(H2,21,23,24,25)/b20-13+. The number of hydrazone groups is 1. The number of para-hydroxylation sites is 1. The highest BCUT2D eigenvalue weighted by Gasteiger charge is 2.06. The van der Waals surface area contributed by atoms with E-state index in [4.69, 9.17) is 4.74 Å². The molecule has 0 bridgehead atoms. The molecule has 0 saturated carbocycles. The number of rotatable bonds is 7. The van der Waals surface area contributed by atoms with Crippen molar-refractivity contribution in [1.82, 2.24) is 15.2 Å². The number of benzene rings is 2. The summed E-state index contributed by atoms with van der Waals surface area (Å²) < 4.78 is 5.67. The second-order valence-corrected chi connectivity index (χ2v) is 5.47. The Morgan fingerprint density at radius 2 is 1.88 bits per heavy atom. The monoisotopic (exact) mass is 349 g/mol. The normalized spacial score (nSPS) is 10.8. The average molecular weight is 349 g/mol. The van der Waals surface area contributed by atoms with Crippen molar-refractivity contribution in [2.45, 2.75) is 13.3 Å². The Balaban J connectivity index is 1.72. The zero-order chi connectivity index (χ0) is 18.2. The molecule has 0 saturated heterocycles. The van der Waals surface area contributed by atoms with Crippen LogP contribution in [0, 0.1) is 0 Å². The zero-order valence-corrected chi connectivity index (χ0v) is 14.3. The first kappa shape index (κ1) is 17.3. The second kappa shape index (κ2) is 8.57. The lowest BCUT2D eigenvalue weighted by Crippen LogP contribution is -2.15. The van der Waals surface area contributed by atoms with Crippen LogP contribution in [0.4, 0.5) is 5.95 Å². The molecular formula is C19H19N5O2. The molecule has 0 amide bonds. The zero-order valence-electron chi connectivity index (χ0n) is 14.3.